The Kier molecular flexibility index (Phi) is 6.49. The summed E-state index contributed by atoms with van der Waals surface area (Å²) >= 11 is 0. The van der Waals surface area contributed by atoms with Crippen molar-refractivity contribution < 1.29 is 22.7 Å². The molecule has 2 unspecified atom stereocenters. The number of alkyl halides is 3. The molecule has 2 atom stereocenters. The standard InChI is InChI=1S/C21H23F3N4O2/c1-2-13(11-18-12-30-19(25)26-18)14-3-7-16(8-4-14)27-20(29)28-17-9-5-15(6-10-17)21(22,23)24/h3-10,13,18H,2,11-12H2,1H3,(H2,25,26)(H2,27,28,29). The van der Waals surface area contributed by atoms with Crippen molar-refractivity contribution in [3.8, 4) is 0 Å². The van der Waals surface area contributed by atoms with Crippen molar-refractivity contribution in [2.75, 3.05) is 17.2 Å². The summed E-state index contributed by atoms with van der Waals surface area (Å²) in [4.78, 5) is 16.4. The molecule has 2 aromatic carbocycles. The van der Waals surface area contributed by atoms with Crippen molar-refractivity contribution in [1.29, 1.82) is 0 Å². The minimum Gasteiger partial charge on any atom is -0.463 e. The van der Waals surface area contributed by atoms with E-state index < -0.39 is 17.8 Å². The number of carbonyl (C=O) groups is 1. The third-order valence-corrected chi connectivity index (χ3v) is 4.89. The second-order valence-corrected chi connectivity index (χ2v) is 7.05. The maximum atomic E-state index is 12.6. The lowest BCUT2D eigenvalue weighted by Crippen LogP contribution is -2.19. The number of anilines is 2. The first kappa shape index (κ1) is 21.5. The van der Waals surface area contributed by atoms with Gasteiger partial charge < -0.3 is 21.1 Å². The van der Waals surface area contributed by atoms with E-state index in [1.165, 1.54) is 12.1 Å². The van der Waals surface area contributed by atoms with Gasteiger partial charge in [-0.05, 0) is 60.7 Å². The third kappa shape index (κ3) is 5.65. The van der Waals surface area contributed by atoms with E-state index in [2.05, 4.69) is 22.5 Å². The van der Waals surface area contributed by atoms with Crippen LogP contribution in [0.25, 0.3) is 0 Å². The molecule has 0 saturated heterocycles. The summed E-state index contributed by atoms with van der Waals surface area (Å²) in [6.07, 6.45) is -2.67. The summed E-state index contributed by atoms with van der Waals surface area (Å²) in [7, 11) is 0. The number of amidine groups is 1. The minimum absolute atomic E-state index is 0.0438. The zero-order valence-corrected chi connectivity index (χ0v) is 16.4. The highest BCUT2D eigenvalue weighted by atomic mass is 19.4. The fourth-order valence-corrected chi connectivity index (χ4v) is 3.30. The Hall–Kier alpha value is -3.23. The summed E-state index contributed by atoms with van der Waals surface area (Å²) in [5, 5.41) is 5.18. The molecule has 160 valence electrons. The molecule has 1 heterocycles. The highest BCUT2D eigenvalue weighted by molar-refractivity contribution is 5.99. The smallest absolute Gasteiger partial charge is 0.416 e. The maximum Gasteiger partial charge on any atom is 0.416 e. The summed E-state index contributed by atoms with van der Waals surface area (Å²) < 4.78 is 43.0. The molecule has 0 aliphatic carbocycles. The molecule has 2 aromatic rings. The molecule has 1 aliphatic rings. The van der Waals surface area contributed by atoms with Crippen LogP contribution in [0.3, 0.4) is 0 Å². The first-order valence-electron chi connectivity index (χ1n) is 9.56. The largest absolute Gasteiger partial charge is 0.463 e. The van der Waals surface area contributed by atoms with Crippen LogP contribution in [0.5, 0.6) is 0 Å². The van der Waals surface area contributed by atoms with E-state index in [4.69, 9.17) is 10.5 Å². The van der Waals surface area contributed by atoms with E-state index in [0.29, 0.717) is 12.3 Å². The fraction of sp³-hybridized carbons (Fsp3) is 0.333. The lowest BCUT2D eigenvalue weighted by atomic mass is 9.90. The highest BCUT2D eigenvalue weighted by Crippen LogP contribution is 2.30. The molecule has 3 rings (SSSR count). The zero-order valence-electron chi connectivity index (χ0n) is 16.4. The molecule has 0 spiro atoms. The molecule has 9 heteroatoms. The Morgan fingerprint density at radius 1 is 1.13 bits per heavy atom. The highest BCUT2D eigenvalue weighted by Gasteiger charge is 2.30. The van der Waals surface area contributed by atoms with Gasteiger partial charge in [-0.25, -0.2) is 9.79 Å². The number of halogens is 3. The molecule has 4 N–H and O–H groups in total. The molecule has 0 fully saturated rings. The van der Waals surface area contributed by atoms with Crippen LogP contribution >= 0.6 is 0 Å². The number of aliphatic imine (C=N–C) groups is 1. The molecular weight excluding hydrogens is 397 g/mol. The molecular formula is C21H23F3N4O2. The summed E-state index contributed by atoms with van der Waals surface area (Å²) in [5.41, 5.74) is 6.75. The Balaban J connectivity index is 1.56. The summed E-state index contributed by atoms with van der Waals surface area (Å²) in [6.45, 7) is 2.59. The number of nitrogens with one attached hydrogen (secondary N) is 2. The van der Waals surface area contributed by atoms with Gasteiger partial charge in [-0.2, -0.15) is 13.2 Å². The van der Waals surface area contributed by atoms with Gasteiger partial charge in [-0.1, -0.05) is 19.1 Å². The number of carbonyl (C=O) groups excluding carboxylic acids is 1. The van der Waals surface area contributed by atoms with Gasteiger partial charge in [0.1, 0.15) is 6.61 Å². The van der Waals surface area contributed by atoms with Crippen LogP contribution in [0.4, 0.5) is 29.3 Å². The normalized spacial score (nSPS) is 17.1. The van der Waals surface area contributed by atoms with E-state index in [-0.39, 0.29) is 23.7 Å². The molecule has 2 amide bonds. The van der Waals surface area contributed by atoms with Crippen molar-refractivity contribution in [1.82, 2.24) is 0 Å². The van der Waals surface area contributed by atoms with Crippen LogP contribution < -0.4 is 16.4 Å². The molecule has 1 aliphatic heterocycles. The van der Waals surface area contributed by atoms with Gasteiger partial charge in [0.05, 0.1) is 11.6 Å². The number of benzene rings is 2. The average Bonchev–Trinajstić information content (AvgIpc) is 3.11. The molecule has 0 radical (unpaired) electrons. The van der Waals surface area contributed by atoms with E-state index in [1.54, 1.807) is 12.1 Å². The molecule has 0 saturated carbocycles. The second kappa shape index (κ2) is 9.06. The monoisotopic (exact) mass is 420 g/mol. The first-order valence-corrected chi connectivity index (χ1v) is 9.56. The van der Waals surface area contributed by atoms with Gasteiger partial charge in [-0.3, -0.25) is 0 Å². The van der Waals surface area contributed by atoms with Gasteiger partial charge in [-0.15, -0.1) is 0 Å². The van der Waals surface area contributed by atoms with Gasteiger partial charge in [0.25, 0.3) is 6.02 Å². The van der Waals surface area contributed by atoms with E-state index in [9.17, 15) is 18.0 Å². The maximum absolute atomic E-state index is 12.6. The van der Waals surface area contributed by atoms with Crippen molar-refractivity contribution >= 4 is 23.4 Å². The number of hydrogen-bond acceptors (Lipinski definition) is 4. The van der Waals surface area contributed by atoms with E-state index in [1.807, 2.05) is 12.1 Å². The van der Waals surface area contributed by atoms with Crippen LogP contribution in [0.1, 0.15) is 36.8 Å². The van der Waals surface area contributed by atoms with Crippen molar-refractivity contribution in [3.05, 3.63) is 59.7 Å². The lowest BCUT2D eigenvalue weighted by Gasteiger charge is -2.18. The van der Waals surface area contributed by atoms with Crippen LogP contribution in [0.2, 0.25) is 0 Å². The van der Waals surface area contributed by atoms with Crippen molar-refractivity contribution in [2.45, 2.75) is 37.9 Å². The zero-order chi connectivity index (χ0) is 21.7. The number of nitrogens with two attached hydrogens (primary N) is 1. The fourth-order valence-electron chi connectivity index (χ4n) is 3.30. The lowest BCUT2D eigenvalue weighted by molar-refractivity contribution is -0.137. The van der Waals surface area contributed by atoms with E-state index in [0.717, 1.165) is 30.5 Å². The molecule has 0 aromatic heterocycles. The Morgan fingerprint density at radius 3 is 2.17 bits per heavy atom. The minimum atomic E-state index is -4.41. The Bertz CT molecular complexity index is 896. The third-order valence-electron chi connectivity index (χ3n) is 4.89. The molecule has 30 heavy (non-hydrogen) atoms. The SMILES string of the molecule is CCC(CC1COC(N)=N1)c1ccc(NC(=O)Nc2ccc(C(F)(F)F)cc2)cc1. The summed E-state index contributed by atoms with van der Waals surface area (Å²) in [6, 6.07) is 11.4. The van der Waals surface area contributed by atoms with Gasteiger partial charge >= 0.3 is 12.2 Å². The van der Waals surface area contributed by atoms with Gasteiger partial charge in [0.15, 0.2) is 0 Å². The van der Waals surface area contributed by atoms with Gasteiger partial charge in [0.2, 0.25) is 0 Å². The average molecular weight is 420 g/mol. The predicted molar refractivity (Wildman–Crippen MR) is 110 cm³/mol. The predicted octanol–water partition coefficient (Wildman–Crippen LogP) is 4.95. The van der Waals surface area contributed by atoms with Crippen LogP contribution in [0.15, 0.2) is 53.5 Å². The molecule has 0 bridgehead atoms. The van der Waals surface area contributed by atoms with Crippen LogP contribution in [0, 0.1) is 0 Å². The second-order valence-electron chi connectivity index (χ2n) is 7.05. The number of amides is 2. The van der Waals surface area contributed by atoms with Crippen molar-refractivity contribution in [2.24, 2.45) is 10.7 Å². The van der Waals surface area contributed by atoms with Crippen molar-refractivity contribution in [3.63, 3.8) is 0 Å². The van der Waals surface area contributed by atoms with Crippen LogP contribution in [-0.4, -0.2) is 24.7 Å². The number of ether oxygens (including phenoxy) is 1. The molecule has 6 nitrogen and oxygen atoms in total. The van der Waals surface area contributed by atoms with Crippen LogP contribution in [-0.2, 0) is 10.9 Å². The summed E-state index contributed by atoms with van der Waals surface area (Å²) in [5.74, 6) is 0.281. The number of nitrogens with zero attached hydrogens (tertiary/aromatic N) is 1. The van der Waals surface area contributed by atoms with E-state index >= 15 is 0 Å². The number of urea groups is 1. The quantitative estimate of drug-likeness (QED) is 0.618. The van der Waals surface area contributed by atoms with Gasteiger partial charge in [0, 0.05) is 11.4 Å². The number of rotatable bonds is 6. The first-order chi connectivity index (χ1) is 14.2. The Morgan fingerprint density at radius 2 is 1.70 bits per heavy atom. The Labute approximate surface area is 172 Å². The topological polar surface area (TPSA) is 88.7 Å². The number of hydrogen-bond donors (Lipinski definition) is 3.